The first-order chi connectivity index (χ1) is 14.8. The van der Waals surface area contributed by atoms with E-state index in [1.807, 2.05) is 0 Å². The Balaban J connectivity index is 1.37. The first kappa shape index (κ1) is 18.4. The predicted octanol–water partition coefficient (Wildman–Crippen LogP) is 2.05. The number of fused-ring (bicyclic) bond motifs is 5. The average Bonchev–Trinajstić information content (AvgIpc) is 3.19. The normalized spacial score (nSPS) is 28.2. The molecule has 2 atom stereocenters. The van der Waals surface area contributed by atoms with E-state index in [1.54, 1.807) is 0 Å². The number of aliphatic imine (C=N–C) groups is 1. The predicted molar refractivity (Wildman–Crippen MR) is 119 cm³/mol. The molecule has 4 aliphatic rings. The first-order valence-electron chi connectivity index (χ1n) is 11.2. The third-order valence-corrected chi connectivity index (χ3v) is 6.95. The Kier molecular flexibility index (Phi) is 4.51. The summed E-state index contributed by atoms with van der Waals surface area (Å²) in [6, 6.07) is 8.52. The highest BCUT2D eigenvalue weighted by atomic mass is 15.7. The second-order valence-electron chi connectivity index (χ2n) is 8.86. The van der Waals surface area contributed by atoms with Gasteiger partial charge in [0, 0.05) is 32.1 Å². The van der Waals surface area contributed by atoms with Crippen molar-refractivity contribution in [2.45, 2.75) is 25.4 Å². The second-order valence-corrected chi connectivity index (χ2v) is 8.86. The molecule has 1 fully saturated rings. The van der Waals surface area contributed by atoms with Crippen LogP contribution in [0.25, 0.3) is 11.0 Å². The van der Waals surface area contributed by atoms with Gasteiger partial charge in [-0.25, -0.2) is 20.0 Å². The van der Waals surface area contributed by atoms with Gasteiger partial charge in [0.25, 0.3) is 0 Å². The van der Waals surface area contributed by atoms with E-state index in [0.29, 0.717) is 12.6 Å². The van der Waals surface area contributed by atoms with Crippen molar-refractivity contribution in [1.82, 2.24) is 29.8 Å². The molecule has 6 rings (SSSR count). The molecule has 1 aromatic heterocycles. The topological polar surface area (TPSA) is 55.2 Å². The molecule has 8 nitrogen and oxygen atoms in total. The molecule has 0 bridgehead atoms. The van der Waals surface area contributed by atoms with Gasteiger partial charge in [0.2, 0.25) is 11.9 Å². The lowest BCUT2D eigenvalue weighted by atomic mass is 9.91. The van der Waals surface area contributed by atoms with Gasteiger partial charge in [-0.3, -0.25) is 9.47 Å². The van der Waals surface area contributed by atoms with Crippen LogP contribution in [0.5, 0.6) is 0 Å². The number of anilines is 1. The number of piperazine rings is 1. The third-order valence-electron chi connectivity index (χ3n) is 6.95. The Labute approximate surface area is 177 Å². The van der Waals surface area contributed by atoms with Gasteiger partial charge in [0.05, 0.1) is 17.7 Å². The molecule has 30 heavy (non-hydrogen) atoms. The van der Waals surface area contributed by atoms with Gasteiger partial charge in [-0.1, -0.05) is 24.3 Å². The van der Waals surface area contributed by atoms with Crippen molar-refractivity contribution in [3.63, 3.8) is 0 Å². The smallest absolute Gasteiger partial charge is 0.216 e. The highest BCUT2D eigenvalue weighted by molar-refractivity contribution is 5.98. The van der Waals surface area contributed by atoms with Crippen LogP contribution in [0.4, 0.5) is 5.95 Å². The van der Waals surface area contributed by atoms with Crippen molar-refractivity contribution in [1.29, 1.82) is 0 Å². The molecule has 1 aliphatic carbocycles. The fraction of sp³-hybridized carbons (Fsp3) is 0.545. The maximum atomic E-state index is 5.07. The van der Waals surface area contributed by atoms with Crippen LogP contribution in [0.3, 0.4) is 0 Å². The minimum Gasteiger partial charge on any atom is -0.335 e. The van der Waals surface area contributed by atoms with Crippen LogP contribution in [0, 0.1) is 5.92 Å². The van der Waals surface area contributed by atoms with E-state index in [9.17, 15) is 0 Å². The Morgan fingerprint density at radius 2 is 1.90 bits per heavy atom. The Hall–Kier alpha value is -2.42. The number of hydrogen-bond acceptors (Lipinski definition) is 7. The maximum absolute atomic E-state index is 5.07. The number of para-hydroxylation sites is 2. The molecular weight excluding hydrogens is 376 g/mol. The minimum atomic E-state index is 0.197. The number of likely N-dealkylation sites (N-methyl/N-ethyl adjacent to an activating group) is 1. The molecule has 0 amide bonds. The van der Waals surface area contributed by atoms with Gasteiger partial charge >= 0.3 is 0 Å². The number of rotatable bonds is 2. The number of nitrogens with zero attached hydrogens (tertiary/aromatic N) is 7. The molecular formula is C22H30N8. The number of hydrazine groups is 1. The molecule has 1 N–H and O–H groups in total. The van der Waals surface area contributed by atoms with Crippen LogP contribution in [-0.2, 0) is 0 Å². The molecule has 8 heteroatoms. The lowest BCUT2D eigenvalue weighted by Crippen LogP contribution is -2.63. The molecule has 0 spiro atoms. The molecule has 1 aromatic carbocycles. The number of imidazole rings is 1. The van der Waals surface area contributed by atoms with Crippen molar-refractivity contribution in [2.24, 2.45) is 10.9 Å². The van der Waals surface area contributed by atoms with E-state index >= 15 is 0 Å². The van der Waals surface area contributed by atoms with E-state index in [1.165, 1.54) is 11.9 Å². The van der Waals surface area contributed by atoms with Crippen LogP contribution in [0.1, 0.15) is 25.4 Å². The summed E-state index contributed by atoms with van der Waals surface area (Å²) in [5.41, 5.74) is 2.26. The summed E-state index contributed by atoms with van der Waals surface area (Å²) >= 11 is 0. The summed E-state index contributed by atoms with van der Waals surface area (Å²) in [5.74, 6) is 2.54. The summed E-state index contributed by atoms with van der Waals surface area (Å²) in [6.07, 6.45) is 8.29. The Morgan fingerprint density at radius 1 is 1.03 bits per heavy atom. The van der Waals surface area contributed by atoms with Crippen LogP contribution in [-0.4, -0.2) is 77.0 Å². The number of hydrogen-bond donors (Lipinski definition) is 1. The van der Waals surface area contributed by atoms with Crippen molar-refractivity contribution in [2.75, 3.05) is 51.5 Å². The standard InChI is InChI=1S/C22H30N8/c1-26-11-13-27(14-12-26)28-15-23-21-25-20(17-7-3-2-4-8-17)30-19-10-6-5-9-18(19)24-22(30)29(21)16-28/h2-3,5-6,9-10,17,20H,4,7-8,11-16H2,1H3,(H,23,25)/t17-,20-/m1/s1. The van der Waals surface area contributed by atoms with Gasteiger partial charge in [-0.15, -0.1) is 0 Å². The minimum absolute atomic E-state index is 0.197. The number of allylic oxidation sites excluding steroid dienone is 2. The lowest BCUT2D eigenvalue weighted by molar-refractivity contribution is -0.0530. The summed E-state index contributed by atoms with van der Waals surface area (Å²) in [4.78, 5) is 14.7. The van der Waals surface area contributed by atoms with Gasteiger partial charge in [-0.05, 0) is 38.4 Å². The van der Waals surface area contributed by atoms with Crippen molar-refractivity contribution >= 4 is 22.9 Å². The Bertz CT molecular complexity index is 986. The Morgan fingerprint density at radius 3 is 2.73 bits per heavy atom. The van der Waals surface area contributed by atoms with Crippen LogP contribution in [0.15, 0.2) is 41.4 Å². The SMILES string of the molecule is CN1CCN(N2CN=C3N[C@@H]([C@@H]4CC=CCC4)n4c(nc5ccccc54)N3C2)CC1. The van der Waals surface area contributed by atoms with Crippen molar-refractivity contribution < 1.29 is 0 Å². The van der Waals surface area contributed by atoms with Gasteiger partial charge < -0.3 is 10.2 Å². The maximum Gasteiger partial charge on any atom is 0.216 e. The molecule has 0 radical (unpaired) electrons. The average molecular weight is 407 g/mol. The second kappa shape index (κ2) is 7.37. The molecule has 158 valence electrons. The van der Waals surface area contributed by atoms with E-state index in [4.69, 9.17) is 9.98 Å². The van der Waals surface area contributed by atoms with Gasteiger partial charge in [0.1, 0.15) is 12.8 Å². The zero-order chi connectivity index (χ0) is 20.1. The van der Waals surface area contributed by atoms with E-state index < -0.39 is 0 Å². The van der Waals surface area contributed by atoms with Crippen LogP contribution in [0.2, 0.25) is 0 Å². The van der Waals surface area contributed by atoms with Crippen LogP contribution < -0.4 is 10.2 Å². The largest absolute Gasteiger partial charge is 0.335 e. The molecule has 1 saturated heterocycles. The third kappa shape index (κ3) is 3.02. The fourth-order valence-corrected chi connectivity index (χ4v) is 5.17. The van der Waals surface area contributed by atoms with Crippen molar-refractivity contribution in [3.8, 4) is 0 Å². The lowest BCUT2D eigenvalue weighted by Gasteiger charge is -2.47. The number of aromatic nitrogens is 2. The summed E-state index contributed by atoms with van der Waals surface area (Å²) in [7, 11) is 2.20. The summed E-state index contributed by atoms with van der Waals surface area (Å²) < 4.78 is 2.42. The van der Waals surface area contributed by atoms with Crippen LogP contribution >= 0.6 is 0 Å². The first-order valence-corrected chi connectivity index (χ1v) is 11.2. The highest BCUT2D eigenvalue weighted by Gasteiger charge is 2.39. The highest BCUT2D eigenvalue weighted by Crippen LogP contribution is 2.37. The summed E-state index contributed by atoms with van der Waals surface area (Å²) in [6.45, 7) is 5.80. The van der Waals surface area contributed by atoms with Crippen molar-refractivity contribution in [3.05, 3.63) is 36.4 Å². The van der Waals surface area contributed by atoms with E-state index in [-0.39, 0.29) is 6.17 Å². The molecule has 4 heterocycles. The summed E-state index contributed by atoms with van der Waals surface area (Å²) in [5, 5.41) is 8.62. The van der Waals surface area contributed by atoms with Gasteiger partial charge in [-0.2, -0.15) is 0 Å². The quantitative estimate of drug-likeness (QED) is 0.771. The molecule has 0 saturated carbocycles. The number of benzene rings is 1. The van der Waals surface area contributed by atoms with E-state index in [0.717, 1.165) is 63.1 Å². The monoisotopic (exact) mass is 406 g/mol. The molecule has 0 unspecified atom stereocenters. The fourth-order valence-electron chi connectivity index (χ4n) is 5.17. The van der Waals surface area contributed by atoms with E-state index in [2.05, 4.69) is 73.2 Å². The number of guanidine groups is 1. The molecule has 2 aromatic rings. The zero-order valence-corrected chi connectivity index (χ0v) is 17.6. The van der Waals surface area contributed by atoms with Gasteiger partial charge in [0.15, 0.2) is 0 Å². The zero-order valence-electron chi connectivity index (χ0n) is 17.6. The molecule has 3 aliphatic heterocycles. The number of nitrogens with one attached hydrogen (secondary N) is 1.